The van der Waals surface area contributed by atoms with E-state index in [4.69, 9.17) is 33.6 Å². The van der Waals surface area contributed by atoms with Gasteiger partial charge in [0.05, 0.1) is 78.1 Å². The van der Waals surface area contributed by atoms with Crippen LogP contribution in [0.2, 0.25) is 0 Å². The van der Waals surface area contributed by atoms with Crippen molar-refractivity contribution in [1.82, 2.24) is 45.5 Å². The van der Waals surface area contributed by atoms with Crippen LogP contribution in [0.5, 0.6) is 0 Å². The summed E-state index contributed by atoms with van der Waals surface area (Å²) in [4.78, 5) is 135. The lowest BCUT2D eigenvalue weighted by Crippen LogP contribution is -2.64. The van der Waals surface area contributed by atoms with Gasteiger partial charge in [0, 0.05) is 67.9 Å². The highest BCUT2D eigenvalue weighted by Gasteiger charge is 2.66. The SMILES string of the molecule is CCC(=O)N[C@H]1C[C@@H](COCCS(=O)(=O)O)N(CC(=O)N[C@H](C(=O)N[C@@H](C)C(=O)Cc2ccc(COC(=O)N(CCOC34CC5(C)CC(C)(CC(Cn6ncc(-c7ccc(N8CCc9cccc(C(=O)Nc%10nc%11ccccc%11s%10)c9C8)nc7C(=O)O)c6C)(C5)C3)C4)CCS(=O)(=O)O)c(CC[C@@H]3O[C@H](C(=O)O)[C@@H](O)[C@H](O)[C@H]3O)c2)C(C)C)C1=O. The number of ketones is 1. The number of rotatable bonds is 36. The second-order valence-electron chi connectivity index (χ2n) is 33.7. The number of aromatic nitrogens is 4. The first-order chi connectivity index (χ1) is 56.1. The van der Waals surface area contributed by atoms with Crippen molar-refractivity contribution in [3.63, 3.8) is 0 Å². The van der Waals surface area contributed by atoms with Gasteiger partial charge >= 0.3 is 18.0 Å². The molecule has 7 aliphatic rings. The van der Waals surface area contributed by atoms with Crippen molar-refractivity contribution >= 4 is 106 Å². The molecule has 6 amide bonds. The lowest BCUT2D eigenvalue weighted by Gasteiger charge is -2.69. The number of aliphatic carboxylic acids is 1. The Kier molecular flexibility index (Phi) is 26.9. The number of aliphatic hydroxyl groups excluding tert-OH is 3. The zero-order chi connectivity index (χ0) is 86.0. The summed E-state index contributed by atoms with van der Waals surface area (Å²) in [5.74, 6) is -8.09. The van der Waals surface area contributed by atoms with Crippen molar-refractivity contribution in [2.45, 2.75) is 206 Å². The van der Waals surface area contributed by atoms with Gasteiger partial charge in [0.1, 0.15) is 42.8 Å². The number of carbonyl (C=O) groups excluding carboxylic acids is 7. The third-order valence-electron chi connectivity index (χ3n) is 23.7. The lowest BCUT2D eigenvalue weighted by molar-refractivity contribution is -0.248. The van der Waals surface area contributed by atoms with Gasteiger partial charge in [-0.05, 0) is 158 Å². The Morgan fingerprint density at radius 1 is 0.798 bits per heavy atom. The van der Waals surface area contributed by atoms with E-state index in [1.165, 1.54) is 30.4 Å². The summed E-state index contributed by atoms with van der Waals surface area (Å²) in [5, 5.41) is 69.1. The second kappa shape index (κ2) is 36.1. The van der Waals surface area contributed by atoms with Crippen LogP contribution in [0, 0.1) is 29.1 Å². The number of thiazole rings is 1. The van der Waals surface area contributed by atoms with Crippen LogP contribution in [-0.2, 0) is 107 Å². The Morgan fingerprint density at radius 2 is 1.53 bits per heavy atom. The molecule has 3 aliphatic heterocycles. The molecule has 2 saturated heterocycles. The molecule has 6 fully saturated rings. The molecule has 11 atom stereocenters. The molecule has 119 heavy (non-hydrogen) atoms. The number of aryl methyl sites for hydroxylation is 1. The third-order valence-corrected chi connectivity index (χ3v) is 26.0. The van der Waals surface area contributed by atoms with Crippen LogP contribution in [-0.4, -0.2) is 252 Å². The standard InChI is InChI=1S/C81H103N11O24S3/c1-8-63(94)84-58-32-52(37-113-27-29-119(110,111)112)91(73(58)101)35-64(95)87-65(45(2)3)72(100)83-46(4)59(93)31-48-16-17-51(50(30-48)18-20-60-67(96)68(97)69(98)70(116-60)75(104)105)36-114-77(106)89(25-28-118(107,108)109)24-26-115-81-41-78(6)38-79(7,42-81)40-80(39-78,43-81)44-92-47(5)55(33-82-92)53-19-21-62(86-66(53)74(102)103)90-23-22-49-12-11-13-54(56(49)34-90)71(99)88-76-85-57-14-9-10-15-61(57)117-76/h9-17,19,21,30,33,45-46,52,58,60,65,67-70,96-98H,8,18,20,22-29,31-32,34-44H2,1-7H3,(H,83,100)(H,84,94)(H,87,95)(H,102,103)(H,104,105)(H,85,88,99)(H,107,108,109)(H,110,111,112)/t46-,52-,58-,60-,65-,67-,68+,69-,70-,78?,79?,80?,81?/m0/s1. The minimum absolute atomic E-state index is 0.00329. The van der Waals surface area contributed by atoms with Crippen molar-refractivity contribution in [3.8, 4) is 11.1 Å². The van der Waals surface area contributed by atoms with E-state index < -0.39 is 172 Å². The number of para-hydroxylation sites is 1. The molecule has 4 aliphatic carbocycles. The summed E-state index contributed by atoms with van der Waals surface area (Å²) in [7, 11) is -9.04. The predicted molar refractivity (Wildman–Crippen MR) is 431 cm³/mol. The average molecular weight is 1710 g/mol. The summed E-state index contributed by atoms with van der Waals surface area (Å²) in [5.41, 5.74) is 4.11. The van der Waals surface area contributed by atoms with Crippen LogP contribution in [0.25, 0.3) is 21.3 Å². The molecule has 0 radical (unpaired) electrons. The molecule has 3 aromatic carbocycles. The fraction of sp³-hybridized carbons (Fsp3) is 0.556. The number of aromatic carboxylic acids is 1. The van der Waals surface area contributed by atoms with E-state index in [0.29, 0.717) is 89.6 Å². The number of hydrogen-bond acceptors (Lipinski definition) is 25. The highest BCUT2D eigenvalue weighted by molar-refractivity contribution is 7.86. The van der Waals surface area contributed by atoms with Crippen LogP contribution in [0.3, 0.4) is 0 Å². The maximum atomic E-state index is 14.4. The van der Waals surface area contributed by atoms with Gasteiger partial charge in [-0.25, -0.2) is 24.4 Å². The van der Waals surface area contributed by atoms with E-state index in [-0.39, 0.29) is 79.7 Å². The highest BCUT2D eigenvalue weighted by Crippen LogP contribution is 2.72. The first kappa shape index (κ1) is 88.8. The second-order valence-corrected chi connectivity index (χ2v) is 37.8. The Hall–Kier alpha value is -9.48. The molecule has 35 nitrogen and oxygen atoms in total. The van der Waals surface area contributed by atoms with Crippen molar-refractivity contribution in [1.29, 1.82) is 0 Å². The van der Waals surface area contributed by atoms with Gasteiger partial charge in [-0.15, -0.1) is 0 Å². The average Bonchev–Trinajstić information content (AvgIpc) is 0.777. The van der Waals surface area contributed by atoms with Crippen molar-refractivity contribution in [3.05, 3.63) is 124 Å². The summed E-state index contributed by atoms with van der Waals surface area (Å²) in [6.07, 6.45) is -3.81. The molecule has 13 rings (SSSR count). The van der Waals surface area contributed by atoms with Crippen LogP contribution < -0.4 is 26.2 Å². The number of carbonyl (C=O) groups is 9. The molecule has 0 spiro atoms. The van der Waals surface area contributed by atoms with Crippen molar-refractivity contribution in [2.24, 2.45) is 22.2 Å². The number of pyridine rings is 1. The van der Waals surface area contributed by atoms with Gasteiger partial charge in [-0.3, -0.25) is 47.9 Å². The van der Waals surface area contributed by atoms with Gasteiger partial charge in [-0.1, -0.05) is 88.4 Å². The lowest BCUT2D eigenvalue weighted by atomic mass is 9.39. The molecular weight excluding hydrogens is 1610 g/mol. The van der Waals surface area contributed by atoms with E-state index in [1.807, 2.05) is 52.9 Å². The van der Waals surface area contributed by atoms with E-state index in [1.54, 1.807) is 51.2 Å². The Labute approximate surface area is 691 Å². The van der Waals surface area contributed by atoms with Crippen LogP contribution in [0.15, 0.2) is 79.0 Å². The van der Waals surface area contributed by atoms with E-state index in [9.17, 15) is 90.1 Å². The summed E-state index contributed by atoms with van der Waals surface area (Å²) >= 11 is 1.38. The quantitative estimate of drug-likeness (QED) is 0.0181. The minimum Gasteiger partial charge on any atom is -0.479 e. The number of benzene rings is 3. The first-order valence-corrected chi connectivity index (χ1v) is 43.7. The van der Waals surface area contributed by atoms with Crippen LogP contribution in [0.4, 0.5) is 15.7 Å². The summed E-state index contributed by atoms with van der Waals surface area (Å²) < 4.78 is 93.4. The molecule has 4 saturated carbocycles. The maximum Gasteiger partial charge on any atom is 0.410 e. The smallest absolute Gasteiger partial charge is 0.410 e. The molecule has 3 aromatic heterocycles. The van der Waals surface area contributed by atoms with Gasteiger partial charge in [0.15, 0.2) is 22.7 Å². The number of carboxylic acids is 2. The molecule has 2 unspecified atom stereocenters. The van der Waals surface area contributed by atoms with Gasteiger partial charge in [0.2, 0.25) is 23.6 Å². The molecule has 4 bridgehead atoms. The number of hydrogen-bond donors (Lipinski definition) is 11. The predicted octanol–water partition coefficient (Wildman–Crippen LogP) is 5.06. The zero-order valence-electron chi connectivity index (χ0n) is 67.2. The molecular formula is C81H103N11O24S3. The number of Topliss-reactive ketones (excluding diaryl/α,β-unsaturated/α-hetero) is 1. The van der Waals surface area contributed by atoms with Gasteiger partial charge < -0.3 is 75.1 Å². The number of nitrogens with zero attached hydrogens (tertiary/aromatic N) is 7. The number of fused-ring (bicyclic) bond motifs is 2. The molecule has 644 valence electrons. The number of amides is 6. The molecule has 11 N–H and O–H groups in total. The Bertz CT molecular complexity index is 5060. The number of aliphatic hydroxyl groups is 3. The van der Waals surface area contributed by atoms with Crippen LogP contribution in [0.1, 0.15) is 154 Å². The normalized spacial score (nSPS) is 25.2. The number of carboxylic acid groups (broad SMARTS) is 2. The first-order valence-electron chi connectivity index (χ1n) is 39.7. The van der Waals surface area contributed by atoms with E-state index in [2.05, 4.69) is 40.1 Å². The number of ether oxygens (including phenoxy) is 4. The van der Waals surface area contributed by atoms with E-state index >= 15 is 0 Å². The number of nitrogens with one attached hydrogen (secondary N) is 4. The Morgan fingerprint density at radius 3 is 2.22 bits per heavy atom. The fourth-order valence-electron chi connectivity index (χ4n) is 19.1. The Balaban J connectivity index is 0.705. The minimum atomic E-state index is -4.66. The molecule has 6 heterocycles. The topological polar surface area (TPSA) is 502 Å². The molecule has 38 heteroatoms. The number of likely N-dealkylation sites (tertiary alicyclic amines) is 1. The van der Waals surface area contributed by atoms with Crippen molar-refractivity contribution in [2.75, 3.05) is 67.7 Å². The van der Waals surface area contributed by atoms with Crippen LogP contribution >= 0.6 is 11.3 Å². The fourth-order valence-corrected chi connectivity index (χ4v) is 20.7. The van der Waals surface area contributed by atoms with Gasteiger partial charge in [-0.2, -0.15) is 21.9 Å². The number of anilines is 2. The maximum absolute atomic E-state index is 14.4. The summed E-state index contributed by atoms with van der Waals surface area (Å²) in [6.45, 7) is 11.3. The summed E-state index contributed by atoms with van der Waals surface area (Å²) in [6, 6.07) is 17.1. The largest absolute Gasteiger partial charge is 0.479 e. The van der Waals surface area contributed by atoms with Gasteiger partial charge in [0.25, 0.3) is 26.1 Å². The zero-order valence-corrected chi connectivity index (χ0v) is 69.6. The monoisotopic (exact) mass is 1710 g/mol. The van der Waals surface area contributed by atoms with E-state index in [0.717, 1.165) is 56.1 Å². The highest BCUT2D eigenvalue weighted by atomic mass is 32.2. The third kappa shape index (κ3) is 21.1. The van der Waals surface area contributed by atoms with Crippen molar-refractivity contribution < 1.29 is 114 Å². The molecule has 6 aromatic rings.